The zero-order chi connectivity index (χ0) is 23.4. The molecule has 0 bridgehead atoms. The maximum absolute atomic E-state index is 12.3. The number of imide groups is 2. The molecule has 1 fully saturated rings. The number of nitrogen functional groups attached to an aromatic ring is 1. The van der Waals surface area contributed by atoms with Crippen LogP contribution in [0.25, 0.3) is 17.3 Å². The topological polar surface area (TPSA) is 148 Å². The van der Waals surface area contributed by atoms with Gasteiger partial charge in [0.2, 0.25) is 0 Å². The summed E-state index contributed by atoms with van der Waals surface area (Å²) in [6, 6.07) is 15.0. The van der Waals surface area contributed by atoms with Crippen molar-refractivity contribution >= 4 is 35.5 Å². The first-order valence-corrected chi connectivity index (χ1v) is 10.1. The summed E-state index contributed by atoms with van der Waals surface area (Å²) in [5, 5.41) is 11.5. The minimum Gasteiger partial charge on any atom is -0.399 e. The summed E-state index contributed by atoms with van der Waals surface area (Å²) < 4.78 is 1.61. The Morgan fingerprint density at radius 2 is 1.67 bits per heavy atom. The number of hydrogen-bond donors (Lipinski definition) is 4. The third-order valence-electron chi connectivity index (χ3n) is 4.88. The van der Waals surface area contributed by atoms with E-state index in [0.717, 1.165) is 5.56 Å². The van der Waals surface area contributed by atoms with Gasteiger partial charge < -0.3 is 11.1 Å². The first kappa shape index (κ1) is 21.5. The van der Waals surface area contributed by atoms with E-state index in [1.54, 1.807) is 35.1 Å². The number of nitrogens with zero attached hydrogens (tertiary/aromatic N) is 2. The number of rotatable bonds is 6. The highest BCUT2D eigenvalue weighted by molar-refractivity contribution is 6.31. The number of nitrogens with two attached hydrogens (primary N) is 1. The SMILES string of the molecule is Nc1ccc(C(=O)NCCn2cc(C=C3C(=O)NC(=O)NC3=O)c(-c3ccccc3)n2)cc1. The molecular weight excluding hydrogens is 424 g/mol. The lowest BCUT2D eigenvalue weighted by atomic mass is 10.0. The molecule has 3 aromatic rings. The number of barbiturate groups is 1. The van der Waals surface area contributed by atoms with Crippen LogP contribution in [0.1, 0.15) is 15.9 Å². The Balaban J connectivity index is 1.55. The van der Waals surface area contributed by atoms with E-state index in [4.69, 9.17) is 5.73 Å². The van der Waals surface area contributed by atoms with E-state index in [2.05, 4.69) is 21.0 Å². The Hall–Kier alpha value is -4.73. The first-order valence-electron chi connectivity index (χ1n) is 10.1. The lowest BCUT2D eigenvalue weighted by Crippen LogP contribution is -2.51. The molecule has 33 heavy (non-hydrogen) atoms. The van der Waals surface area contributed by atoms with E-state index in [1.807, 2.05) is 30.3 Å². The van der Waals surface area contributed by atoms with E-state index < -0.39 is 17.8 Å². The van der Waals surface area contributed by atoms with Gasteiger partial charge in [-0.15, -0.1) is 0 Å². The minimum absolute atomic E-state index is 0.206. The van der Waals surface area contributed by atoms with Crippen molar-refractivity contribution in [3.05, 3.63) is 77.5 Å². The van der Waals surface area contributed by atoms with Gasteiger partial charge in [0.15, 0.2) is 0 Å². The molecule has 1 saturated heterocycles. The van der Waals surface area contributed by atoms with Crippen LogP contribution >= 0.6 is 0 Å². The summed E-state index contributed by atoms with van der Waals surface area (Å²) in [7, 11) is 0. The predicted molar refractivity (Wildman–Crippen MR) is 121 cm³/mol. The largest absolute Gasteiger partial charge is 0.399 e. The monoisotopic (exact) mass is 444 g/mol. The van der Waals surface area contributed by atoms with Crippen LogP contribution in [0.4, 0.5) is 10.5 Å². The fourth-order valence-corrected chi connectivity index (χ4v) is 3.26. The zero-order valence-electron chi connectivity index (χ0n) is 17.4. The number of nitrogens with one attached hydrogen (secondary N) is 3. The van der Waals surface area contributed by atoms with E-state index in [0.29, 0.717) is 35.6 Å². The highest BCUT2D eigenvalue weighted by atomic mass is 16.2. The van der Waals surface area contributed by atoms with E-state index in [1.165, 1.54) is 6.08 Å². The third kappa shape index (κ3) is 4.96. The number of carbonyl (C=O) groups excluding carboxylic acids is 4. The molecule has 1 aliphatic rings. The van der Waals surface area contributed by atoms with Gasteiger partial charge in [0.1, 0.15) is 5.57 Å². The molecule has 166 valence electrons. The Morgan fingerprint density at radius 1 is 1.00 bits per heavy atom. The highest BCUT2D eigenvalue weighted by Gasteiger charge is 2.28. The van der Waals surface area contributed by atoms with Gasteiger partial charge >= 0.3 is 6.03 Å². The second-order valence-electron chi connectivity index (χ2n) is 7.24. The van der Waals surface area contributed by atoms with Gasteiger partial charge in [-0.25, -0.2) is 4.79 Å². The average molecular weight is 444 g/mol. The first-order chi connectivity index (χ1) is 15.9. The second-order valence-corrected chi connectivity index (χ2v) is 7.24. The Labute approximate surface area is 188 Å². The standard InChI is InChI=1S/C23H20N6O4/c24-17-8-6-15(7-9-17)20(30)25-10-11-29-13-16(19(28-29)14-4-2-1-3-5-14)12-18-21(31)26-23(33)27-22(18)32/h1-9,12-13H,10-11,24H2,(H,25,30)(H2,26,27,31,32,33). The zero-order valence-corrected chi connectivity index (χ0v) is 17.4. The van der Waals surface area contributed by atoms with Gasteiger partial charge in [-0.05, 0) is 30.3 Å². The molecular formula is C23H20N6O4. The summed E-state index contributed by atoms with van der Waals surface area (Å²) in [6.07, 6.45) is 3.05. The number of hydrogen-bond acceptors (Lipinski definition) is 6. The molecule has 5 amide bonds. The maximum atomic E-state index is 12.3. The molecule has 0 spiro atoms. The summed E-state index contributed by atoms with van der Waals surface area (Å²) in [5.41, 5.74) is 8.34. The van der Waals surface area contributed by atoms with Gasteiger partial charge in [0, 0.05) is 35.1 Å². The Bertz CT molecular complexity index is 1240. The third-order valence-corrected chi connectivity index (χ3v) is 4.88. The second kappa shape index (κ2) is 9.18. The van der Waals surface area contributed by atoms with Crippen LogP contribution in [0, 0.1) is 0 Å². The normalized spacial score (nSPS) is 13.3. The number of aromatic nitrogens is 2. The Kier molecular flexibility index (Phi) is 5.98. The summed E-state index contributed by atoms with van der Waals surface area (Å²) in [5.74, 6) is -1.81. The molecule has 0 radical (unpaired) electrons. The Morgan fingerprint density at radius 3 is 2.33 bits per heavy atom. The van der Waals surface area contributed by atoms with Gasteiger partial charge in [-0.2, -0.15) is 5.10 Å². The number of carbonyl (C=O) groups is 4. The van der Waals surface area contributed by atoms with Crippen LogP contribution in [0.5, 0.6) is 0 Å². The molecule has 2 heterocycles. The number of anilines is 1. The van der Waals surface area contributed by atoms with Gasteiger partial charge in [0.05, 0.1) is 12.2 Å². The quantitative estimate of drug-likeness (QED) is 0.256. The molecule has 1 aromatic heterocycles. The molecule has 5 N–H and O–H groups in total. The molecule has 2 aromatic carbocycles. The molecule has 10 heteroatoms. The van der Waals surface area contributed by atoms with Crippen LogP contribution in [-0.4, -0.2) is 40.1 Å². The van der Waals surface area contributed by atoms with Gasteiger partial charge in [0.25, 0.3) is 17.7 Å². The molecule has 0 atom stereocenters. The van der Waals surface area contributed by atoms with Crippen molar-refractivity contribution in [1.29, 1.82) is 0 Å². The predicted octanol–water partition coefficient (Wildman–Crippen LogP) is 1.31. The van der Waals surface area contributed by atoms with Gasteiger partial charge in [-0.3, -0.25) is 29.7 Å². The molecule has 4 rings (SSSR count). The summed E-state index contributed by atoms with van der Waals surface area (Å²) in [4.78, 5) is 47.9. The van der Waals surface area contributed by atoms with Crippen molar-refractivity contribution in [3.63, 3.8) is 0 Å². The lowest BCUT2D eigenvalue weighted by molar-refractivity contribution is -0.123. The van der Waals surface area contributed by atoms with Crippen molar-refractivity contribution in [1.82, 2.24) is 25.7 Å². The molecule has 1 aliphatic heterocycles. The average Bonchev–Trinajstić information content (AvgIpc) is 3.20. The number of urea groups is 1. The number of amides is 5. The van der Waals surface area contributed by atoms with Crippen molar-refractivity contribution in [2.24, 2.45) is 0 Å². The van der Waals surface area contributed by atoms with Crippen LogP contribution in [0.2, 0.25) is 0 Å². The maximum Gasteiger partial charge on any atom is 0.328 e. The molecule has 0 saturated carbocycles. The number of benzene rings is 2. The fourth-order valence-electron chi connectivity index (χ4n) is 3.26. The lowest BCUT2D eigenvalue weighted by Gasteiger charge is -2.13. The smallest absolute Gasteiger partial charge is 0.328 e. The summed E-state index contributed by atoms with van der Waals surface area (Å²) in [6.45, 7) is 0.644. The van der Waals surface area contributed by atoms with Crippen LogP contribution < -0.4 is 21.7 Å². The highest BCUT2D eigenvalue weighted by Crippen LogP contribution is 2.24. The van der Waals surface area contributed by atoms with E-state index in [-0.39, 0.29) is 11.5 Å². The van der Waals surface area contributed by atoms with E-state index >= 15 is 0 Å². The van der Waals surface area contributed by atoms with Crippen LogP contribution in [0.3, 0.4) is 0 Å². The van der Waals surface area contributed by atoms with Crippen molar-refractivity contribution < 1.29 is 19.2 Å². The van der Waals surface area contributed by atoms with Crippen molar-refractivity contribution in [2.75, 3.05) is 12.3 Å². The van der Waals surface area contributed by atoms with Gasteiger partial charge in [-0.1, -0.05) is 30.3 Å². The van der Waals surface area contributed by atoms with Crippen molar-refractivity contribution in [2.45, 2.75) is 6.54 Å². The van der Waals surface area contributed by atoms with E-state index in [9.17, 15) is 19.2 Å². The fraction of sp³-hybridized carbons (Fsp3) is 0.0870. The molecule has 10 nitrogen and oxygen atoms in total. The summed E-state index contributed by atoms with van der Waals surface area (Å²) >= 11 is 0. The van der Waals surface area contributed by atoms with Crippen LogP contribution in [0.15, 0.2) is 66.4 Å². The minimum atomic E-state index is -0.863. The van der Waals surface area contributed by atoms with Crippen molar-refractivity contribution in [3.8, 4) is 11.3 Å². The van der Waals surface area contributed by atoms with Crippen LogP contribution in [-0.2, 0) is 16.1 Å². The molecule has 0 aliphatic carbocycles. The molecule has 0 unspecified atom stereocenters.